The predicted octanol–water partition coefficient (Wildman–Crippen LogP) is 2.45. The summed E-state index contributed by atoms with van der Waals surface area (Å²) in [4.78, 5) is 3.67. The van der Waals surface area contributed by atoms with Gasteiger partial charge in [0.15, 0.2) is 6.10 Å². The van der Waals surface area contributed by atoms with E-state index in [0.29, 0.717) is 0 Å². The summed E-state index contributed by atoms with van der Waals surface area (Å²) in [6.07, 6.45) is -6.12. The first-order valence-electron chi connectivity index (χ1n) is 3.80. The van der Waals surface area contributed by atoms with Gasteiger partial charge < -0.3 is 9.84 Å². The number of halogens is 4. The minimum Gasteiger partial charge on any atom is -0.481 e. The third-order valence-electron chi connectivity index (χ3n) is 1.67. The molecule has 0 saturated carbocycles. The van der Waals surface area contributed by atoms with Crippen molar-refractivity contribution in [1.82, 2.24) is 4.98 Å². The molecular weight excluding hydrogens is 279 g/mol. The number of ether oxygens (including phenoxy) is 1. The number of hydrogen-bond acceptors (Lipinski definition) is 3. The van der Waals surface area contributed by atoms with E-state index in [2.05, 4.69) is 25.7 Å². The Morgan fingerprint density at radius 2 is 2.13 bits per heavy atom. The van der Waals surface area contributed by atoms with Crippen molar-refractivity contribution in [3.8, 4) is 5.88 Å². The molecule has 7 heteroatoms. The first-order valence-corrected chi connectivity index (χ1v) is 4.59. The maximum atomic E-state index is 12.2. The van der Waals surface area contributed by atoms with E-state index in [4.69, 9.17) is 5.11 Å². The van der Waals surface area contributed by atoms with Crippen molar-refractivity contribution in [3.63, 3.8) is 0 Å². The summed E-state index contributed by atoms with van der Waals surface area (Å²) in [5.41, 5.74) is -0.325. The molecule has 84 valence electrons. The number of alkyl halides is 3. The van der Waals surface area contributed by atoms with Crippen LogP contribution in [0.25, 0.3) is 0 Å². The van der Waals surface area contributed by atoms with Crippen LogP contribution in [0, 0.1) is 0 Å². The van der Waals surface area contributed by atoms with E-state index in [1.54, 1.807) is 0 Å². The zero-order valence-electron chi connectivity index (χ0n) is 7.55. The topological polar surface area (TPSA) is 42.4 Å². The molecule has 0 fully saturated rings. The Balaban J connectivity index is 3.12. The predicted molar refractivity (Wildman–Crippen MR) is 49.5 cm³/mol. The van der Waals surface area contributed by atoms with E-state index in [-0.39, 0.29) is 15.9 Å². The fourth-order valence-electron chi connectivity index (χ4n) is 0.932. The molecule has 0 saturated heterocycles. The molecule has 0 spiro atoms. The molecule has 0 bridgehead atoms. The van der Waals surface area contributed by atoms with Crippen molar-refractivity contribution in [1.29, 1.82) is 0 Å². The summed E-state index contributed by atoms with van der Waals surface area (Å²) in [6.45, 7) is 0. The number of pyridine rings is 1. The third kappa shape index (κ3) is 2.82. The van der Waals surface area contributed by atoms with Crippen LogP contribution in [0.4, 0.5) is 13.2 Å². The van der Waals surface area contributed by atoms with Gasteiger partial charge in [0, 0.05) is 22.3 Å². The van der Waals surface area contributed by atoms with Gasteiger partial charge in [0.1, 0.15) is 0 Å². The van der Waals surface area contributed by atoms with E-state index >= 15 is 0 Å². The maximum Gasteiger partial charge on any atom is 0.418 e. The summed E-state index contributed by atoms with van der Waals surface area (Å²) in [5, 5.41) is 9.02. The molecule has 0 aliphatic carbocycles. The van der Waals surface area contributed by atoms with Crippen LogP contribution >= 0.6 is 15.9 Å². The fourth-order valence-corrected chi connectivity index (χ4v) is 1.37. The summed E-state index contributed by atoms with van der Waals surface area (Å²) in [5.74, 6) is 0.0106. The van der Waals surface area contributed by atoms with E-state index in [1.165, 1.54) is 7.11 Å². The molecule has 15 heavy (non-hydrogen) atoms. The lowest BCUT2D eigenvalue weighted by Gasteiger charge is -2.16. The van der Waals surface area contributed by atoms with Crippen molar-refractivity contribution < 1.29 is 23.0 Å². The van der Waals surface area contributed by atoms with Crippen LogP contribution in [0.3, 0.4) is 0 Å². The Morgan fingerprint density at radius 1 is 1.53 bits per heavy atom. The van der Waals surface area contributed by atoms with E-state index in [9.17, 15) is 13.2 Å². The first-order chi connectivity index (χ1) is 6.86. The SMILES string of the molecule is COc1cc(C(O)C(F)(F)F)c(Br)cn1. The Labute approximate surface area is 92.0 Å². The fraction of sp³-hybridized carbons (Fsp3) is 0.375. The highest BCUT2D eigenvalue weighted by Gasteiger charge is 2.40. The molecule has 1 aromatic heterocycles. The zero-order chi connectivity index (χ0) is 11.6. The number of aromatic nitrogens is 1. The van der Waals surface area contributed by atoms with Crippen LogP contribution < -0.4 is 4.74 Å². The first kappa shape index (κ1) is 12.3. The average Bonchev–Trinajstić information content (AvgIpc) is 2.16. The van der Waals surface area contributed by atoms with Crippen molar-refractivity contribution in [2.75, 3.05) is 7.11 Å². The summed E-state index contributed by atoms with van der Waals surface area (Å²) in [6, 6.07) is 1.03. The minimum atomic E-state index is -4.71. The van der Waals surface area contributed by atoms with Crippen LogP contribution in [-0.2, 0) is 0 Å². The highest BCUT2D eigenvalue weighted by atomic mass is 79.9. The van der Waals surface area contributed by atoms with Gasteiger partial charge in [0.05, 0.1) is 7.11 Å². The standard InChI is InChI=1S/C8H7BrF3NO2/c1-15-6-2-4(5(9)3-13-6)7(14)8(10,11)12/h2-3,7,14H,1H3. The van der Waals surface area contributed by atoms with Gasteiger partial charge in [-0.2, -0.15) is 13.2 Å². The minimum absolute atomic E-state index is 0.0106. The monoisotopic (exact) mass is 285 g/mol. The van der Waals surface area contributed by atoms with Crippen LogP contribution in [0.15, 0.2) is 16.7 Å². The lowest BCUT2D eigenvalue weighted by molar-refractivity contribution is -0.207. The zero-order valence-corrected chi connectivity index (χ0v) is 9.13. The van der Waals surface area contributed by atoms with Crippen LogP contribution in [0.5, 0.6) is 5.88 Å². The number of aliphatic hydroxyl groups excluding tert-OH is 1. The van der Waals surface area contributed by atoms with E-state index in [0.717, 1.165) is 12.3 Å². The van der Waals surface area contributed by atoms with Crippen molar-refractivity contribution in [3.05, 3.63) is 22.3 Å². The summed E-state index contributed by atoms with van der Waals surface area (Å²) >= 11 is 2.87. The second kappa shape index (κ2) is 4.36. The lowest BCUT2D eigenvalue weighted by atomic mass is 10.1. The van der Waals surface area contributed by atoms with Crippen LogP contribution in [0.2, 0.25) is 0 Å². The maximum absolute atomic E-state index is 12.2. The molecule has 0 amide bonds. The van der Waals surface area contributed by atoms with Crippen LogP contribution in [-0.4, -0.2) is 23.4 Å². The van der Waals surface area contributed by atoms with Gasteiger partial charge in [0.25, 0.3) is 0 Å². The molecule has 3 nitrogen and oxygen atoms in total. The van der Waals surface area contributed by atoms with Gasteiger partial charge >= 0.3 is 6.18 Å². The summed E-state index contributed by atoms with van der Waals surface area (Å²) in [7, 11) is 1.28. The van der Waals surface area contributed by atoms with Gasteiger partial charge in [-0.3, -0.25) is 0 Å². The molecule has 1 aromatic rings. The number of methoxy groups -OCH3 is 1. The number of nitrogens with zero attached hydrogens (tertiary/aromatic N) is 1. The molecule has 1 rings (SSSR count). The van der Waals surface area contributed by atoms with E-state index in [1.807, 2.05) is 0 Å². The Bertz CT molecular complexity index is 356. The molecule has 1 heterocycles. The number of hydrogen-bond donors (Lipinski definition) is 1. The number of aliphatic hydroxyl groups is 1. The van der Waals surface area contributed by atoms with Crippen molar-refractivity contribution >= 4 is 15.9 Å². The smallest absolute Gasteiger partial charge is 0.418 e. The summed E-state index contributed by atoms with van der Waals surface area (Å²) < 4.78 is 41.4. The molecule has 1 unspecified atom stereocenters. The van der Waals surface area contributed by atoms with Gasteiger partial charge in [-0.25, -0.2) is 4.98 Å². The van der Waals surface area contributed by atoms with Gasteiger partial charge in [-0.15, -0.1) is 0 Å². The van der Waals surface area contributed by atoms with Gasteiger partial charge in [-0.1, -0.05) is 0 Å². The molecule has 0 aliphatic rings. The highest BCUT2D eigenvalue weighted by Crippen LogP contribution is 2.36. The third-order valence-corrected chi connectivity index (χ3v) is 2.34. The van der Waals surface area contributed by atoms with Crippen molar-refractivity contribution in [2.24, 2.45) is 0 Å². The Kier molecular flexibility index (Phi) is 3.56. The highest BCUT2D eigenvalue weighted by molar-refractivity contribution is 9.10. The van der Waals surface area contributed by atoms with Crippen molar-refractivity contribution in [2.45, 2.75) is 12.3 Å². The van der Waals surface area contributed by atoms with E-state index < -0.39 is 12.3 Å². The molecule has 1 N–H and O–H groups in total. The number of rotatable bonds is 2. The second-order valence-corrected chi connectivity index (χ2v) is 3.55. The van der Waals surface area contributed by atoms with Gasteiger partial charge in [0.2, 0.25) is 5.88 Å². The average molecular weight is 286 g/mol. The van der Waals surface area contributed by atoms with Crippen LogP contribution in [0.1, 0.15) is 11.7 Å². The Hall–Kier alpha value is -0.820. The normalized spacial score (nSPS) is 13.7. The lowest BCUT2D eigenvalue weighted by Crippen LogP contribution is -2.20. The molecule has 0 aliphatic heterocycles. The second-order valence-electron chi connectivity index (χ2n) is 2.69. The largest absolute Gasteiger partial charge is 0.481 e. The quantitative estimate of drug-likeness (QED) is 0.908. The Morgan fingerprint density at radius 3 is 2.60 bits per heavy atom. The van der Waals surface area contributed by atoms with Gasteiger partial charge in [-0.05, 0) is 15.9 Å². The molecule has 0 aromatic carbocycles. The molecular formula is C8H7BrF3NO2. The molecule has 0 radical (unpaired) electrons. The molecule has 1 atom stereocenters.